The van der Waals surface area contributed by atoms with Gasteiger partial charge in [0.2, 0.25) is 0 Å². The van der Waals surface area contributed by atoms with Gasteiger partial charge in [0.25, 0.3) is 0 Å². The number of nitrogens with zero attached hydrogens (tertiary/aromatic N) is 3. The molecule has 120 valence electrons. The highest BCUT2D eigenvalue weighted by Gasteiger charge is 2.23. The van der Waals surface area contributed by atoms with Gasteiger partial charge in [-0.25, -0.2) is 9.37 Å². The Hall–Kier alpha value is -2.21. The van der Waals surface area contributed by atoms with Gasteiger partial charge in [0, 0.05) is 17.1 Å². The van der Waals surface area contributed by atoms with Crippen molar-refractivity contribution in [1.82, 2.24) is 25.1 Å². The Labute approximate surface area is 133 Å². The van der Waals surface area contributed by atoms with Crippen LogP contribution in [0.4, 0.5) is 4.39 Å². The number of hydrogen-bond acceptors (Lipinski definition) is 3. The van der Waals surface area contributed by atoms with Gasteiger partial charge >= 0.3 is 0 Å². The first kappa shape index (κ1) is 14.4. The highest BCUT2D eigenvalue weighted by atomic mass is 19.1. The van der Waals surface area contributed by atoms with E-state index in [2.05, 4.69) is 25.1 Å². The van der Waals surface area contributed by atoms with E-state index >= 15 is 0 Å². The van der Waals surface area contributed by atoms with E-state index in [-0.39, 0.29) is 5.82 Å². The Bertz CT molecular complexity index is 813. The minimum atomic E-state index is -0.171. The average Bonchev–Trinajstić information content (AvgIpc) is 3.14. The van der Waals surface area contributed by atoms with Gasteiger partial charge in [-0.05, 0) is 62.5 Å². The Morgan fingerprint density at radius 3 is 2.87 bits per heavy atom. The maximum absolute atomic E-state index is 13.5. The van der Waals surface area contributed by atoms with Gasteiger partial charge < -0.3 is 4.98 Å². The van der Waals surface area contributed by atoms with Crippen LogP contribution in [0.15, 0.2) is 24.4 Å². The maximum atomic E-state index is 13.5. The van der Waals surface area contributed by atoms with E-state index in [0.29, 0.717) is 5.92 Å². The van der Waals surface area contributed by atoms with Gasteiger partial charge in [-0.2, -0.15) is 5.10 Å². The zero-order chi connectivity index (χ0) is 15.8. The van der Waals surface area contributed by atoms with Gasteiger partial charge in [0.15, 0.2) is 5.82 Å². The SMILES string of the molecule is Cc1nc(CN2CCC(c3c[nH]c4ccc(F)cc34)CC2)n[nH]1. The van der Waals surface area contributed by atoms with Crippen LogP contribution in [0.25, 0.3) is 10.9 Å². The minimum Gasteiger partial charge on any atom is -0.361 e. The maximum Gasteiger partial charge on any atom is 0.164 e. The second-order valence-corrected chi connectivity index (χ2v) is 6.32. The molecule has 0 bridgehead atoms. The molecular formula is C17H20FN5. The van der Waals surface area contributed by atoms with Crippen LogP contribution < -0.4 is 0 Å². The molecule has 0 unspecified atom stereocenters. The lowest BCUT2D eigenvalue weighted by Gasteiger charge is -2.31. The first-order valence-corrected chi connectivity index (χ1v) is 8.06. The molecule has 5 nitrogen and oxygen atoms in total. The van der Waals surface area contributed by atoms with Crippen LogP contribution >= 0.6 is 0 Å². The summed E-state index contributed by atoms with van der Waals surface area (Å²) >= 11 is 0. The number of aromatic amines is 2. The fraction of sp³-hybridized carbons (Fsp3) is 0.412. The van der Waals surface area contributed by atoms with Crippen LogP contribution in [-0.2, 0) is 6.54 Å². The lowest BCUT2D eigenvalue weighted by Crippen LogP contribution is -2.32. The molecule has 2 aromatic heterocycles. The Morgan fingerprint density at radius 1 is 1.30 bits per heavy atom. The normalized spacial score (nSPS) is 17.1. The molecular weight excluding hydrogens is 293 g/mol. The van der Waals surface area contributed by atoms with Crippen molar-refractivity contribution in [2.75, 3.05) is 13.1 Å². The minimum absolute atomic E-state index is 0.171. The van der Waals surface area contributed by atoms with Crippen molar-refractivity contribution in [2.45, 2.75) is 32.2 Å². The number of H-pyrrole nitrogens is 2. The fourth-order valence-electron chi connectivity index (χ4n) is 3.51. The van der Waals surface area contributed by atoms with Gasteiger partial charge in [0.1, 0.15) is 11.6 Å². The first-order valence-electron chi connectivity index (χ1n) is 8.06. The number of piperidine rings is 1. The topological polar surface area (TPSA) is 60.6 Å². The summed E-state index contributed by atoms with van der Waals surface area (Å²) in [5.41, 5.74) is 2.26. The molecule has 3 heterocycles. The molecule has 0 amide bonds. The van der Waals surface area contributed by atoms with Crippen molar-refractivity contribution in [3.8, 4) is 0 Å². The van der Waals surface area contributed by atoms with Crippen molar-refractivity contribution in [1.29, 1.82) is 0 Å². The van der Waals surface area contributed by atoms with E-state index in [1.165, 1.54) is 11.6 Å². The van der Waals surface area contributed by atoms with E-state index in [4.69, 9.17) is 0 Å². The van der Waals surface area contributed by atoms with Crippen LogP contribution in [0.2, 0.25) is 0 Å². The predicted molar refractivity (Wildman–Crippen MR) is 86.6 cm³/mol. The highest BCUT2D eigenvalue weighted by Crippen LogP contribution is 2.33. The summed E-state index contributed by atoms with van der Waals surface area (Å²) in [6.07, 6.45) is 4.20. The van der Waals surface area contributed by atoms with Crippen LogP contribution in [0, 0.1) is 12.7 Å². The fourth-order valence-corrected chi connectivity index (χ4v) is 3.51. The molecule has 0 radical (unpaired) electrons. The van der Waals surface area contributed by atoms with Crippen molar-refractivity contribution in [2.24, 2.45) is 0 Å². The number of aromatic nitrogens is 4. The second-order valence-electron chi connectivity index (χ2n) is 6.32. The summed E-state index contributed by atoms with van der Waals surface area (Å²) in [6, 6.07) is 4.96. The van der Waals surface area contributed by atoms with E-state index in [1.54, 1.807) is 6.07 Å². The molecule has 6 heteroatoms. The molecule has 1 saturated heterocycles. The summed E-state index contributed by atoms with van der Waals surface area (Å²) < 4.78 is 13.5. The van der Waals surface area contributed by atoms with Gasteiger partial charge in [0.05, 0.1) is 6.54 Å². The third kappa shape index (κ3) is 2.86. The third-order valence-corrected chi connectivity index (χ3v) is 4.71. The zero-order valence-corrected chi connectivity index (χ0v) is 13.1. The number of nitrogens with one attached hydrogen (secondary N) is 2. The first-order chi connectivity index (χ1) is 11.2. The molecule has 1 fully saturated rings. The van der Waals surface area contributed by atoms with E-state index in [0.717, 1.165) is 55.0 Å². The summed E-state index contributed by atoms with van der Waals surface area (Å²) in [7, 11) is 0. The summed E-state index contributed by atoms with van der Waals surface area (Å²) in [5, 5.41) is 8.11. The van der Waals surface area contributed by atoms with Crippen LogP contribution in [0.1, 0.15) is 36.0 Å². The number of benzene rings is 1. The predicted octanol–water partition coefficient (Wildman–Crippen LogP) is 3.11. The molecule has 23 heavy (non-hydrogen) atoms. The monoisotopic (exact) mass is 313 g/mol. The largest absolute Gasteiger partial charge is 0.361 e. The molecule has 0 saturated carbocycles. The quantitative estimate of drug-likeness (QED) is 0.781. The van der Waals surface area contributed by atoms with E-state index < -0.39 is 0 Å². The van der Waals surface area contributed by atoms with E-state index in [9.17, 15) is 4.39 Å². The number of halogens is 1. The number of hydrogen-bond donors (Lipinski definition) is 2. The molecule has 2 N–H and O–H groups in total. The van der Waals surface area contributed by atoms with Gasteiger partial charge in [-0.1, -0.05) is 0 Å². The highest BCUT2D eigenvalue weighted by molar-refractivity contribution is 5.83. The van der Waals surface area contributed by atoms with Crippen molar-refractivity contribution in [3.63, 3.8) is 0 Å². The average molecular weight is 313 g/mol. The van der Waals surface area contributed by atoms with Gasteiger partial charge in [-0.3, -0.25) is 10.00 Å². The lowest BCUT2D eigenvalue weighted by atomic mass is 9.89. The third-order valence-electron chi connectivity index (χ3n) is 4.71. The van der Waals surface area contributed by atoms with Gasteiger partial charge in [-0.15, -0.1) is 0 Å². The Balaban J connectivity index is 1.45. The van der Waals surface area contributed by atoms with Crippen molar-refractivity contribution in [3.05, 3.63) is 47.4 Å². The number of likely N-dealkylation sites (tertiary alicyclic amines) is 1. The molecule has 1 aliphatic heterocycles. The Morgan fingerprint density at radius 2 is 2.13 bits per heavy atom. The molecule has 0 atom stereocenters. The summed E-state index contributed by atoms with van der Waals surface area (Å²) in [4.78, 5) is 10.0. The summed E-state index contributed by atoms with van der Waals surface area (Å²) in [6.45, 7) is 4.74. The lowest BCUT2D eigenvalue weighted by molar-refractivity contribution is 0.201. The molecule has 0 spiro atoms. The second kappa shape index (κ2) is 5.77. The summed E-state index contributed by atoms with van der Waals surface area (Å²) in [5.74, 6) is 2.03. The number of fused-ring (bicyclic) bond motifs is 1. The zero-order valence-electron chi connectivity index (χ0n) is 13.1. The Kier molecular flexibility index (Phi) is 3.61. The van der Waals surface area contributed by atoms with Crippen LogP contribution in [-0.4, -0.2) is 38.2 Å². The van der Waals surface area contributed by atoms with Crippen molar-refractivity contribution < 1.29 is 4.39 Å². The number of rotatable bonds is 3. The molecule has 1 aromatic carbocycles. The van der Waals surface area contributed by atoms with E-state index in [1.807, 2.05) is 19.2 Å². The van der Waals surface area contributed by atoms with Crippen LogP contribution in [0.3, 0.4) is 0 Å². The number of aryl methyl sites for hydroxylation is 1. The molecule has 3 aromatic rings. The smallest absolute Gasteiger partial charge is 0.164 e. The molecule has 1 aliphatic rings. The van der Waals surface area contributed by atoms with Crippen molar-refractivity contribution >= 4 is 10.9 Å². The van der Waals surface area contributed by atoms with Crippen LogP contribution in [0.5, 0.6) is 0 Å². The molecule has 4 rings (SSSR count). The molecule has 0 aliphatic carbocycles. The standard InChI is InChI=1S/C17H20FN5/c1-11-20-17(22-21-11)10-23-6-4-12(5-7-23)15-9-19-16-3-2-13(18)8-14(15)16/h2-3,8-9,12,19H,4-7,10H2,1H3,(H,20,21,22).